The van der Waals surface area contributed by atoms with Crippen molar-refractivity contribution in [1.29, 1.82) is 0 Å². The van der Waals surface area contributed by atoms with Gasteiger partial charge < -0.3 is 9.15 Å². The van der Waals surface area contributed by atoms with Crippen LogP contribution in [-0.2, 0) is 17.9 Å². The molecule has 0 amide bonds. The van der Waals surface area contributed by atoms with Crippen molar-refractivity contribution in [3.8, 4) is 0 Å². The van der Waals surface area contributed by atoms with Crippen LogP contribution in [0.25, 0.3) is 0 Å². The molecule has 23 heavy (non-hydrogen) atoms. The summed E-state index contributed by atoms with van der Waals surface area (Å²) in [4.78, 5) is 6.60. The lowest BCUT2D eigenvalue weighted by atomic mass is 9.81. The van der Waals surface area contributed by atoms with Crippen LogP contribution in [0.1, 0.15) is 30.6 Å². The summed E-state index contributed by atoms with van der Waals surface area (Å²) in [6.07, 6.45) is 9.40. The molecule has 1 saturated heterocycles. The second-order valence-electron chi connectivity index (χ2n) is 7.05. The van der Waals surface area contributed by atoms with E-state index >= 15 is 0 Å². The summed E-state index contributed by atoms with van der Waals surface area (Å²) in [7, 11) is 0. The molecule has 1 saturated carbocycles. The van der Waals surface area contributed by atoms with Crippen molar-refractivity contribution in [3.63, 3.8) is 0 Å². The number of nitrogens with zero attached hydrogens (tertiary/aromatic N) is 2. The maximum absolute atomic E-state index is 6.11. The molecule has 1 aliphatic heterocycles. The fraction of sp³-hybridized carbons (Fsp3) is 0.526. The SMILES string of the molecule is c1coc(CN2C[C@@H]3CCC[C@]3(COCc3ccncc3)C2)c1. The Kier molecular flexibility index (Phi) is 4.19. The van der Waals surface area contributed by atoms with Crippen molar-refractivity contribution in [1.82, 2.24) is 9.88 Å². The largest absolute Gasteiger partial charge is 0.468 e. The Morgan fingerprint density at radius 3 is 3.04 bits per heavy atom. The number of hydrogen-bond donors (Lipinski definition) is 0. The van der Waals surface area contributed by atoms with Gasteiger partial charge in [0.2, 0.25) is 0 Å². The minimum atomic E-state index is 0.347. The van der Waals surface area contributed by atoms with Gasteiger partial charge in [0.1, 0.15) is 5.76 Å². The highest BCUT2D eigenvalue weighted by molar-refractivity contribution is 5.08. The van der Waals surface area contributed by atoms with Crippen molar-refractivity contribution in [2.24, 2.45) is 11.3 Å². The molecule has 1 aliphatic carbocycles. The number of fused-ring (bicyclic) bond motifs is 1. The number of pyridine rings is 1. The number of aromatic nitrogens is 1. The molecular formula is C19H24N2O2. The van der Waals surface area contributed by atoms with Crippen molar-refractivity contribution >= 4 is 0 Å². The summed E-state index contributed by atoms with van der Waals surface area (Å²) in [6, 6.07) is 8.10. The maximum Gasteiger partial charge on any atom is 0.117 e. The van der Waals surface area contributed by atoms with Gasteiger partial charge in [0.05, 0.1) is 26.0 Å². The summed E-state index contributed by atoms with van der Waals surface area (Å²) in [5, 5.41) is 0. The van der Waals surface area contributed by atoms with Gasteiger partial charge in [-0.1, -0.05) is 6.42 Å². The van der Waals surface area contributed by atoms with E-state index in [9.17, 15) is 0 Å². The number of furan rings is 1. The molecule has 122 valence electrons. The fourth-order valence-electron chi connectivity index (χ4n) is 4.36. The quantitative estimate of drug-likeness (QED) is 0.818. The van der Waals surface area contributed by atoms with E-state index in [1.165, 1.54) is 31.4 Å². The van der Waals surface area contributed by atoms with E-state index in [1.54, 1.807) is 6.26 Å². The van der Waals surface area contributed by atoms with Crippen LogP contribution in [0.15, 0.2) is 47.3 Å². The third-order valence-corrected chi connectivity index (χ3v) is 5.48. The van der Waals surface area contributed by atoms with Crippen molar-refractivity contribution < 1.29 is 9.15 Å². The Morgan fingerprint density at radius 1 is 1.30 bits per heavy atom. The first-order chi connectivity index (χ1) is 11.3. The highest BCUT2D eigenvalue weighted by Crippen LogP contribution is 2.49. The van der Waals surface area contributed by atoms with Gasteiger partial charge in [-0.25, -0.2) is 0 Å². The summed E-state index contributed by atoms with van der Waals surface area (Å²) in [5.74, 6) is 1.84. The van der Waals surface area contributed by atoms with Gasteiger partial charge in [-0.05, 0) is 48.6 Å². The number of rotatable bonds is 6. The Morgan fingerprint density at radius 2 is 2.22 bits per heavy atom. The molecule has 0 radical (unpaired) electrons. The Balaban J connectivity index is 1.35. The van der Waals surface area contributed by atoms with Gasteiger partial charge in [-0.3, -0.25) is 9.88 Å². The first-order valence-corrected chi connectivity index (χ1v) is 8.55. The third-order valence-electron chi connectivity index (χ3n) is 5.48. The minimum Gasteiger partial charge on any atom is -0.468 e. The number of hydrogen-bond acceptors (Lipinski definition) is 4. The Bertz CT molecular complexity index is 614. The lowest BCUT2D eigenvalue weighted by Gasteiger charge is -2.28. The topological polar surface area (TPSA) is 38.5 Å². The van der Waals surface area contributed by atoms with E-state index < -0.39 is 0 Å². The van der Waals surface area contributed by atoms with E-state index in [0.717, 1.165) is 31.4 Å². The van der Waals surface area contributed by atoms with E-state index in [4.69, 9.17) is 9.15 Å². The predicted octanol–water partition coefficient (Wildman–Crippen LogP) is 3.49. The molecule has 2 aromatic heterocycles. The summed E-state index contributed by atoms with van der Waals surface area (Å²) < 4.78 is 11.6. The molecular weight excluding hydrogens is 288 g/mol. The smallest absolute Gasteiger partial charge is 0.117 e. The van der Waals surface area contributed by atoms with E-state index in [0.29, 0.717) is 12.0 Å². The molecule has 0 spiro atoms. The first-order valence-electron chi connectivity index (χ1n) is 8.55. The van der Waals surface area contributed by atoms with E-state index in [1.807, 2.05) is 30.6 Å². The van der Waals surface area contributed by atoms with Crippen LogP contribution in [0.2, 0.25) is 0 Å². The van der Waals surface area contributed by atoms with Crippen LogP contribution in [0.4, 0.5) is 0 Å². The molecule has 0 aromatic carbocycles. The zero-order chi connectivity index (χ0) is 15.5. The maximum atomic E-state index is 6.11. The summed E-state index contributed by atoms with van der Waals surface area (Å²) in [6.45, 7) is 4.80. The molecule has 2 atom stereocenters. The van der Waals surface area contributed by atoms with Crippen molar-refractivity contribution in [2.75, 3.05) is 19.7 Å². The molecule has 2 aliphatic rings. The summed E-state index contributed by atoms with van der Waals surface area (Å²) in [5.41, 5.74) is 1.55. The molecule has 4 nitrogen and oxygen atoms in total. The highest BCUT2D eigenvalue weighted by Gasteiger charge is 2.49. The van der Waals surface area contributed by atoms with Crippen LogP contribution >= 0.6 is 0 Å². The molecule has 3 heterocycles. The second kappa shape index (κ2) is 6.46. The van der Waals surface area contributed by atoms with E-state index in [-0.39, 0.29) is 0 Å². The van der Waals surface area contributed by atoms with Crippen LogP contribution < -0.4 is 0 Å². The second-order valence-corrected chi connectivity index (χ2v) is 7.05. The zero-order valence-corrected chi connectivity index (χ0v) is 13.5. The molecule has 4 rings (SSSR count). The van der Waals surface area contributed by atoms with Gasteiger partial charge in [-0.2, -0.15) is 0 Å². The van der Waals surface area contributed by atoms with Crippen molar-refractivity contribution in [2.45, 2.75) is 32.4 Å². The van der Waals surface area contributed by atoms with Crippen LogP contribution in [-0.4, -0.2) is 29.6 Å². The van der Waals surface area contributed by atoms with Gasteiger partial charge in [0, 0.05) is 30.9 Å². The molecule has 0 N–H and O–H groups in total. The predicted molar refractivity (Wildman–Crippen MR) is 87.7 cm³/mol. The van der Waals surface area contributed by atoms with Gasteiger partial charge >= 0.3 is 0 Å². The van der Waals surface area contributed by atoms with Crippen LogP contribution in [0.5, 0.6) is 0 Å². The molecule has 0 bridgehead atoms. The van der Waals surface area contributed by atoms with Crippen LogP contribution in [0, 0.1) is 11.3 Å². The monoisotopic (exact) mass is 312 g/mol. The Labute approximate surface area is 137 Å². The highest BCUT2D eigenvalue weighted by atomic mass is 16.5. The number of ether oxygens (including phenoxy) is 1. The van der Waals surface area contributed by atoms with Gasteiger partial charge in [-0.15, -0.1) is 0 Å². The summed E-state index contributed by atoms with van der Waals surface area (Å²) >= 11 is 0. The lowest BCUT2D eigenvalue weighted by molar-refractivity contribution is 0.0264. The standard InChI is InChI=1S/C19H24N2O2/c1-3-17-11-21(12-18-4-2-10-23-18)14-19(17,7-1)15-22-13-16-5-8-20-9-6-16/h2,4-6,8-10,17H,1,3,7,11-15H2/t17-,19+/m0/s1. The van der Waals surface area contributed by atoms with Gasteiger partial charge in [0.25, 0.3) is 0 Å². The lowest BCUT2D eigenvalue weighted by Crippen LogP contribution is -2.32. The molecule has 4 heteroatoms. The molecule has 0 unspecified atom stereocenters. The third kappa shape index (κ3) is 3.19. The molecule has 2 aromatic rings. The van der Waals surface area contributed by atoms with E-state index in [2.05, 4.69) is 16.0 Å². The minimum absolute atomic E-state index is 0.347. The Hall–Kier alpha value is -1.65. The average molecular weight is 312 g/mol. The van der Waals surface area contributed by atoms with Crippen LogP contribution in [0.3, 0.4) is 0 Å². The molecule has 2 fully saturated rings. The van der Waals surface area contributed by atoms with Gasteiger partial charge in [0.15, 0.2) is 0 Å². The fourth-order valence-corrected chi connectivity index (χ4v) is 4.36. The normalized spacial score (nSPS) is 27.4. The first kappa shape index (κ1) is 14.9. The van der Waals surface area contributed by atoms with Crippen molar-refractivity contribution in [3.05, 3.63) is 54.2 Å². The zero-order valence-electron chi connectivity index (χ0n) is 13.5. The average Bonchev–Trinajstić information content (AvgIpc) is 3.25. The number of likely N-dealkylation sites (tertiary alicyclic amines) is 1.